The van der Waals surface area contributed by atoms with Gasteiger partial charge in [-0.3, -0.25) is 0 Å². The van der Waals surface area contributed by atoms with Crippen molar-refractivity contribution in [1.82, 2.24) is 4.90 Å². The summed E-state index contributed by atoms with van der Waals surface area (Å²) in [5, 5.41) is 11.4. The first-order valence-corrected chi connectivity index (χ1v) is 11.7. The van der Waals surface area contributed by atoms with Gasteiger partial charge in [0.25, 0.3) is 0 Å². The molecular weight excluding hydrogens is 354 g/mol. The van der Waals surface area contributed by atoms with Crippen molar-refractivity contribution in [2.24, 2.45) is 0 Å². The molecule has 0 unspecified atom stereocenters. The van der Waals surface area contributed by atoms with Crippen LogP contribution >= 0.6 is 11.6 Å². The number of nitrogens with zero attached hydrogens (tertiary/aromatic N) is 1. The van der Waals surface area contributed by atoms with E-state index in [1.165, 1.54) is 77.0 Å². The number of aliphatic hydroxyl groups excluding tert-OH is 1. The first-order valence-electron chi connectivity index (χ1n) is 11.3. The van der Waals surface area contributed by atoms with Gasteiger partial charge in [-0.2, -0.15) is 0 Å². The van der Waals surface area contributed by atoms with Crippen LogP contribution in [-0.4, -0.2) is 29.6 Å². The fourth-order valence-electron chi connectivity index (χ4n) is 3.61. The second kappa shape index (κ2) is 16.4. The quantitative estimate of drug-likeness (QED) is 0.278. The molecule has 1 aromatic rings. The zero-order valence-electron chi connectivity index (χ0n) is 17.8. The SMILES string of the molecule is CCCCCCCCN(CCCCCCCC)C[C@H](O)c1ccccc1Cl. The van der Waals surface area contributed by atoms with Crippen molar-refractivity contribution in [3.8, 4) is 0 Å². The van der Waals surface area contributed by atoms with E-state index in [0.717, 1.165) is 18.7 Å². The maximum absolute atomic E-state index is 10.7. The normalized spacial score (nSPS) is 12.6. The molecule has 156 valence electrons. The molecule has 0 aliphatic heterocycles. The van der Waals surface area contributed by atoms with Gasteiger partial charge < -0.3 is 10.0 Å². The maximum Gasteiger partial charge on any atom is 0.0931 e. The van der Waals surface area contributed by atoms with E-state index in [0.29, 0.717) is 11.6 Å². The average Bonchev–Trinajstić information content (AvgIpc) is 2.67. The van der Waals surface area contributed by atoms with Gasteiger partial charge in [0, 0.05) is 17.1 Å². The average molecular weight is 396 g/mol. The summed E-state index contributed by atoms with van der Waals surface area (Å²) in [6.07, 6.45) is 15.3. The molecule has 0 fully saturated rings. The third-order valence-electron chi connectivity index (χ3n) is 5.35. The molecule has 0 aliphatic rings. The van der Waals surface area contributed by atoms with Crippen LogP contribution in [0.5, 0.6) is 0 Å². The monoisotopic (exact) mass is 395 g/mol. The predicted molar refractivity (Wildman–Crippen MR) is 120 cm³/mol. The summed E-state index contributed by atoms with van der Waals surface area (Å²) in [6.45, 7) is 7.38. The number of hydrogen-bond acceptors (Lipinski definition) is 2. The van der Waals surface area contributed by atoms with Gasteiger partial charge in [0.05, 0.1) is 6.10 Å². The van der Waals surface area contributed by atoms with E-state index in [9.17, 15) is 5.11 Å². The highest BCUT2D eigenvalue weighted by molar-refractivity contribution is 6.31. The molecule has 0 amide bonds. The Kier molecular flexibility index (Phi) is 14.9. The minimum atomic E-state index is -0.501. The lowest BCUT2D eigenvalue weighted by Gasteiger charge is -2.26. The van der Waals surface area contributed by atoms with E-state index < -0.39 is 6.10 Å². The Bertz CT molecular complexity index is 449. The van der Waals surface area contributed by atoms with Crippen molar-refractivity contribution in [2.75, 3.05) is 19.6 Å². The molecule has 1 N–H and O–H groups in total. The van der Waals surface area contributed by atoms with Gasteiger partial charge in [-0.1, -0.05) is 108 Å². The summed E-state index contributed by atoms with van der Waals surface area (Å²) >= 11 is 6.27. The Hall–Kier alpha value is -0.570. The molecule has 0 radical (unpaired) electrons. The van der Waals surface area contributed by atoms with Crippen LogP contribution in [-0.2, 0) is 0 Å². The summed E-state index contributed by atoms with van der Waals surface area (Å²) in [7, 11) is 0. The largest absolute Gasteiger partial charge is 0.387 e. The zero-order valence-corrected chi connectivity index (χ0v) is 18.5. The summed E-state index contributed by atoms with van der Waals surface area (Å²) in [4.78, 5) is 2.45. The van der Waals surface area contributed by atoms with Gasteiger partial charge in [-0.15, -0.1) is 0 Å². The van der Waals surface area contributed by atoms with Crippen molar-refractivity contribution in [3.05, 3.63) is 34.9 Å². The van der Waals surface area contributed by atoms with Crippen LogP contribution in [0.1, 0.15) is 103 Å². The van der Waals surface area contributed by atoms with Crippen molar-refractivity contribution in [2.45, 2.75) is 97.0 Å². The lowest BCUT2D eigenvalue weighted by Crippen LogP contribution is -2.31. The number of halogens is 1. The first kappa shape index (κ1) is 24.5. The third-order valence-corrected chi connectivity index (χ3v) is 5.70. The van der Waals surface area contributed by atoms with Crippen LogP contribution in [0.15, 0.2) is 24.3 Å². The topological polar surface area (TPSA) is 23.5 Å². The molecule has 1 aromatic carbocycles. The Morgan fingerprint density at radius 2 is 1.26 bits per heavy atom. The smallest absolute Gasteiger partial charge is 0.0931 e. The number of unbranched alkanes of at least 4 members (excludes halogenated alkanes) is 10. The molecule has 0 heterocycles. The number of rotatable bonds is 17. The second-order valence-corrected chi connectivity index (χ2v) is 8.28. The van der Waals surface area contributed by atoms with Gasteiger partial charge >= 0.3 is 0 Å². The fourth-order valence-corrected chi connectivity index (χ4v) is 3.88. The van der Waals surface area contributed by atoms with Crippen LogP contribution in [0.2, 0.25) is 5.02 Å². The van der Waals surface area contributed by atoms with E-state index >= 15 is 0 Å². The summed E-state index contributed by atoms with van der Waals surface area (Å²) in [5.41, 5.74) is 0.857. The molecule has 1 atom stereocenters. The van der Waals surface area contributed by atoms with Crippen LogP contribution in [0.25, 0.3) is 0 Å². The minimum Gasteiger partial charge on any atom is -0.387 e. The van der Waals surface area contributed by atoms with Crippen LogP contribution in [0.3, 0.4) is 0 Å². The predicted octanol–water partition coefficient (Wildman–Crippen LogP) is 7.40. The maximum atomic E-state index is 10.7. The van der Waals surface area contributed by atoms with Gasteiger partial charge in [0.1, 0.15) is 0 Å². The molecule has 2 nitrogen and oxygen atoms in total. The van der Waals surface area contributed by atoms with E-state index in [2.05, 4.69) is 18.7 Å². The van der Waals surface area contributed by atoms with Crippen LogP contribution in [0, 0.1) is 0 Å². The highest BCUT2D eigenvalue weighted by atomic mass is 35.5. The van der Waals surface area contributed by atoms with E-state index in [-0.39, 0.29) is 0 Å². The summed E-state index contributed by atoms with van der Waals surface area (Å²) in [5.74, 6) is 0. The summed E-state index contributed by atoms with van der Waals surface area (Å²) < 4.78 is 0. The first-order chi connectivity index (χ1) is 13.2. The van der Waals surface area contributed by atoms with Crippen molar-refractivity contribution < 1.29 is 5.11 Å². The molecule has 0 spiro atoms. The number of hydrogen-bond donors (Lipinski definition) is 1. The molecule has 0 saturated heterocycles. The lowest BCUT2D eigenvalue weighted by atomic mass is 10.1. The minimum absolute atomic E-state index is 0.501. The molecule has 0 saturated carbocycles. The zero-order chi connectivity index (χ0) is 19.7. The standard InChI is InChI=1S/C24H42ClNO/c1-3-5-7-9-11-15-19-26(20-16-12-10-8-6-4-2)21-24(27)22-17-13-14-18-23(22)25/h13-14,17-18,24,27H,3-12,15-16,19-21H2,1-2H3/t24-/m0/s1. The van der Waals surface area contributed by atoms with Gasteiger partial charge in [-0.25, -0.2) is 0 Å². The van der Waals surface area contributed by atoms with E-state index in [1.807, 2.05) is 24.3 Å². The van der Waals surface area contributed by atoms with Gasteiger partial charge in [-0.05, 0) is 32.0 Å². The Morgan fingerprint density at radius 1 is 0.778 bits per heavy atom. The Labute approximate surface area is 173 Å². The second-order valence-electron chi connectivity index (χ2n) is 7.87. The Balaban J connectivity index is 2.42. The van der Waals surface area contributed by atoms with Gasteiger partial charge in [0.2, 0.25) is 0 Å². The molecule has 3 heteroatoms. The molecule has 1 rings (SSSR count). The van der Waals surface area contributed by atoms with Crippen LogP contribution < -0.4 is 0 Å². The third kappa shape index (κ3) is 11.8. The van der Waals surface area contributed by atoms with E-state index in [4.69, 9.17) is 11.6 Å². The van der Waals surface area contributed by atoms with E-state index in [1.54, 1.807) is 0 Å². The number of aliphatic hydroxyl groups is 1. The summed E-state index contributed by atoms with van der Waals surface area (Å²) in [6, 6.07) is 7.69. The molecule has 0 bridgehead atoms. The number of benzene rings is 1. The fraction of sp³-hybridized carbons (Fsp3) is 0.750. The molecule has 27 heavy (non-hydrogen) atoms. The van der Waals surface area contributed by atoms with Crippen molar-refractivity contribution >= 4 is 11.6 Å². The lowest BCUT2D eigenvalue weighted by molar-refractivity contribution is 0.110. The molecular formula is C24H42ClNO. The van der Waals surface area contributed by atoms with Crippen molar-refractivity contribution in [3.63, 3.8) is 0 Å². The Morgan fingerprint density at radius 3 is 1.78 bits per heavy atom. The highest BCUT2D eigenvalue weighted by Gasteiger charge is 2.15. The molecule has 0 aromatic heterocycles. The van der Waals surface area contributed by atoms with Crippen LogP contribution in [0.4, 0.5) is 0 Å². The molecule has 0 aliphatic carbocycles. The highest BCUT2D eigenvalue weighted by Crippen LogP contribution is 2.23. The van der Waals surface area contributed by atoms with Crippen molar-refractivity contribution in [1.29, 1.82) is 0 Å². The van der Waals surface area contributed by atoms with Gasteiger partial charge in [0.15, 0.2) is 0 Å².